The third-order valence-corrected chi connectivity index (χ3v) is 5.89. The summed E-state index contributed by atoms with van der Waals surface area (Å²) in [4.78, 5) is 14.0. The normalized spacial score (nSPS) is 11.5. The Hall–Kier alpha value is -4.63. The van der Waals surface area contributed by atoms with Crippen molar-refractivity contribution in [2.75, 3.05) is 34.2 Å². The van der Waals surface area contributed by atoms with E-state index in [9.17, 15) is 4.79 Å². The second kappa shape index (κ2) is 13.1. The number of methoxy groups -OCH3 is 4. The third kappa shape index (κ3) is 6.77. The number of anilines is 1. The first kappa shape index (κ1) is 27.9. The first-order valence-corrected chi connectivity index (χ1v) is 11.8. The lowest BCUT2D eigenvalue weighted by Gasteiger charge is -2.12. The first-order chi connectivity index (χ1) is 18.3. The van der Waals surface area contributed by atoms with Crippen molar-refractivity contribution in [3.05, 3.63) is 77.5 Å². The molecule has 4 rings (SSSR count). The number of nitrogens with two attached hydrogens (primary N) is 3. The fourth-order valence-electron chi connectivity index (χ4n) is 3.88. The number of carbonyl (C=O) groups is 1. The predicted molar refractivity (Wildman–Crippen MR) is 152 cm³/mol. The summed E-state index contributed by atoms with van der Waals surface area (Å²) in [6.45, 7) is 0. The molecule has 4 aromatic rings. The molecule has 1 atom stereocenters. The Morgan fingerprint density at radius 3 is 2.08 bits per heavy atom. The van der Waals surface area contributed by atoms with Crippen molar-refractivity contribution in [2.24, 2.45) is 11.5 Å². The highest BCUT2D eigenvalue weighted by molar-refractivity contribution is 5.85. The molecule has 0 aliphatic heterocycles. The van der Waals surface area contributed by atoms with Gasteiger partial charge in [0.25, 0.3) is 0 Å². The number of H-pyrrole nitrogens is 1. The van der Waals surface area contributed by atoms with Crippen LogP contribution in [0.4, 0.5) is 5.69 Å². The van der Waals surface area contributed by atoms with Gasteiger partial charge in [-0.05, 0) is 53.4 Å². The monoisotopic (exact) mass is 518 g/mol. The number of hydrogen-bond acceptors (Lipinski definition) is 7. The number of hydrogen-bond donors (Lipinski definition) is 4. The standard InChI is InChI=1S/C18H21NO4.C11H13N3O/c1-20-15-8-7-12(9-14(15)19)5-6-13-10-16(21-2)18(23-4)17(11-13)22-3;12-9(11(13)15)5-7-6-14-10-4-2-1-3-8(7)10/h5-11H,19H2,1-4H3;1-4,6,9,14H,5,12H2,(H2,13,15)/b6-5-;/t;9-/m.1/s1. The number of nitrogens with one attached hydrogen (secondary N) is 1. The molecule has 0 unspecified atom stereocenters. The van der Waals surface area contributed by atoms with Crippen molar-refractivity contribution < 1.29 is 23.7 Å². The molecule has 0 bridgehead atoms. The van der Waals surface area contributed by atoms with E-state index in [1.54, 1.807) is 28.4 Å². The average Bonchev–Trinajstić information content (AvgIpc) is 3.34. The molecule has 7 N–H and O–H groups in total. The van der Waals surface area contributed by atoms with Crippen LogP contribution in [-0.4, -0.2) is 45.4 Å². The van der Waals surface area contributed by atoms with Crippen LogP contribution >= 0.6 is 0 Å². The molecule has 200 valence electrons. The van der Waals surface area contributed by atoms with Crippen LogP contribution in [-0.2, 0) is 11.2 Å². The van der Waals surface area contributed by atoms with Crippen LogP contribution in [0.1, 0.15) is 16.7 Å². The number of amides is 1. The Kier molecular flexibility index (Phi) is 9.61. The number of fused-ring (bicyclic) bond motifs is 1. The van der Waals surface area contributed by atoms with Crippen molar-refractivity contribution in [3.8, 4) is 23.0 Å². The minimum atomic E-state index is -0.621. The maximum atomic E-state index is 10.8. The van der Waals surface area contributed by atoms with Crippen LogP contribution < -0.4 is 36.1 Å². The van der Waals surface area contributed by atoms with E-state index in [2.05, 4.69) is 4.98 Å². The molecular formula is C29H34N4O5. The minimum Gasteiger partial charge on any atom is -0.495 e. The van der Waals surface area contributed by atoms with Crippen LogP contribution in [0.15, 0.2) is 60.8 Å². The number of benzene rings is 3. The van der Waals surface area contributed by atoms with Crippen molar-refractivity contribution in [3.63, 3.8) is 0 Å². The topological polar surface area (TPSA) is 148 Å². The van der Waals surface area contributed by atoms with Crippen molar-refractivity contribution in [2.45, 2.75) is 12.5 Å². The van der Waals surface area contributed by atoms with Gasteiger partial charge in [0.2, 0.25) is 11.7 Å². The Morgan fingerprint density at radius 2 is 1.50 bits per heavy atom. The largest absolute Gasteiger partial charge is 0.495 e. The smallest absolute Gasteiger partial charge is 0.234 e. The lowest BCUT2D eigenvalue weighted by molar-refractivity contribution is -0.119. The zero-order chi connectivity index (χ0) is 27.7. The van der Waals surface area contributed by atoms with Gasteiger partial charge in [-0.25, -0.2) is 0 Å². The summed E-state index contributed by atoms with van der Waals surface area (Å²) >= 11 is 0. The highest BCUT2D eigenvalue weighted by Crippen LogP contribution is 2.38. The van der Waals surface area contributed by atoms with Gasteiger partial charge in [-0.3, -0.25) is 4.79 Å². The number of nitrogen functional groups attached to an aromatic ring is 1. The van der Waals surface area contributed by atoms with E-state index in [-0.39, 0.29) is 0 Å². The van der Waals surface area contributed by atoms with Crippen LogP contribution in [0.3, 0.4) is 0 Å². The number of ether oxygens (including phenoxy) is 4. The minimum absolute atomic E-state index is 0.472. The maximum Gasteiger partial charge on any atom is 0.234 e. The molecule has 9 heteroatoms. The van der Waals surface area contributed by atoms with E-state index in [1.807, 2.05) is 72.9 Å². The number of primary amides is 1. The van der Waals surface area contributed by atoms with Gasteiger partial charge in [0.05, 0.1) is 40.2 Å². The van der Waals surface area contributed by atoms with E-state index in [0.717, 1.165) is 27.6 Å². The molecule has 0 spiro atoms. The predicted octanol–water partition coefficient (Wildman–Crippen LogP) is 4.00. The van der Waals surface area contributed by atoms with Crippen LogP contribution in [0.5, 0.6) is 23.0 Å². The first-order valence-electron chi connectivity index (χ1n) is 11.8. The molecular weight excluding hydrogens is 484 g/mol. The lowest BCUT2D eigenvalue weighted by Crippen LogP contribution is -2.38. The molecule has 0 fully saturated rings. The summed E-state index contributed by atoms with van der Waals surface area (Å²) in [5.74, 6) is 1.98. The van der Waals surface area contributed by atoms with Gasteiger partial charge in [0, 0.05) is 17.1 Å². The maximum absolute atomic E-state index is 10.8. The Bertz CT molecular complexity index is 1390. The van der Waals surface area contributed by atoms with E-state index >= 15 is 0 Å². The molecule has 9 nitrogen and oxygen atoms in total. The van der Waals surface area contributed by atoms with Gasteiger partial charge in [0.1, 0.15) is 5.75 Å². The summed E-state index contributed by atoms with van der Waals surface area (Å²) in [7, 11) is 6.36. The SMILES string of the molecule is COc1ccc(/C=C\c2cc(OC)c(OC)c(OC)c2)cc1N.NC(=O)[C@H](N)Cc1c[nH]c2ccccc12. The van der Waals surface area contributed by atoms with Crippen LogP contribution in [0.2, 0.25) is 0 Å². The Labute approximate surface area is 222 Å². The number of rotatable bonds is 9. The van der Waals surface area contributed by atoms with E-state index in [0.29, 0.717) is 35.1 Å². The van der Waals surface area contributed by atoms with Gasteiger partial charge in [-0.1, -0.05) is 36.4 Å². The van der Waals surface area contributed by atoms with Gasteiger partial charge >= 0.3 is 0 Å². The molecule has 3 aromatic carbocycles. The number of aromatic amines is 1. The molecule has 0 radical (unpaired) electrons. The van der Waals surface area contributed by atoms with Gasteiger partial charge < -0.3 is 41.1 Å². The van der Waals surface area contributed by atoms with Gasteiger partial charge in [0.15, 0.2) is 11.5 Å². The summed E-state index contributed by atoms with van der Waals surface area (Å²) in [6, 6.07) is 16.6. The Morgan fingerprint density at radius 1 is 0.868 bits per heavy atom. The van der Waals surface area contributed by atoms with Crippen molar-refractivity contribution >= 4 is 34.6 Å². The quantitative estimate of drug-likeness (QED) is 0.193. The second-order valence-electron chi connectivity index (χ2n) is 8.37. The molecule has 0 saturated carbocycles. The summed E-state index contributed by atoms with van der Waals surface area (Å²) in [6.07, 6.45) is 6.25. The Balaban J connectivity index is 0.000000230. The third-order valence-electron chi connectivity index (χ3n) is 5.89. The molecule has 1 aromatic heterocycles. The van der Waals surface area contributed by atoms with E-state index < -0.39 is 11.9 Å². The van der Waals surface area contributed by atoms with Crippen molar-refractivity contribution in [1.29, 1.82) is 0 Å². The van der Waals surface area contributed by atoms with E-state index in [4.69, 9.17) is 36.1 Å². The zero-order valence-electron chi connectivity index (χ0n) is 22.0. The van der Waals surface area contributed by atoms with E-state index in [1.165, 1.54) is 0 Å². The fraction of sp³-hybridized carbons (Fsp3) is 0.207. The molecule has 0 saturated heterocycles. The highest BCUT2D eigenvalue weighted by atomic mass is 16.5. The molecule has 0 aliphatic carbocycles. The van der Waals surface area contributed by atoms with Gasteiger partial charge in [-0.2, -0.15) is 0 Å². The highest BCUT2D eigenvalue weighted by Gasteiger charge is 2.13. The van der Waals surface area contributed by atoms with Crippen molar-refractivity contribution in [1.82, 2.24) is 4.98 Å². The fourth-order valence-corrected chi connectivity index (χ4v) is 3.88. The number of aromatic nitrogens is 1. The molecule has 38 heavy (non-hydrogen) atoms. The second-order valence-corrected chi connectivity index (χ2v) is 8.37. The summed E-state index contributed by atoms with van der Waals surface area (Å²) in [5.41, 5.74) is 21.2. The van der Waals surface area contributed by atoms with Crippen LogP contribution in [0.25, 0.3) is 23.1 Å². The summed E-state index contributed by atoms with van der Waals surface area (Å²) < 4.78 is 21.2. The molecule has 0 aliphatic rings. The van der Waals surface area contributed by atoms with Crippen LogP contribution in [0, 0.1) is 0 Å². The average molecular weight is 519 g/mol. The number of carbonyl (C=O) groups excluding carboxylic acids is 1. The zero-order valence-corrected chi connectivity index (χ0v) is 22.0. The summed E-state index contributed by atoms with van der Waals surface area (Å²) in [5, 5.41) is 1.09. The van der Waals surface area contributed by atoms with Gasteiger partial charge in [-0.15, -0.1) is 0 Å². The molecule has 1 heterocycles. The lowest BCUT2D eigenvalue weighted by atomic mass is 10.1. The molecule has 1 amide bonds. The number of para-hydroxylation sites is 1.